The zero-order valence-electron chi connectivity index (χ0n) is 6.51. The van der Waals surface area contributed by atoms with Crippen molar-refractivity contribution in [3.63, 3.8) is 0 Å². The molecule has 5 atom stereocenters. The predicted molar refractivity (Wildman–Crippen MR) is 39.1 cm³/mol. The van der Waals surface area contributed by atoms with Crippen molar-refractivity contribution in [2.75, 3.05) is 0 Å². The van der Waals surface area contributed by atoms with Crippen molar-refractivity contribution >= 4 is 0 Å². The minimum Gasteiger partial charge on any atom is -0.389 e. The minimum atomic E-state index is -1.40. The van der Waals surface area contributed by atoms with Gasteiger partial charge in [-0.1, -0.05) is 0 Å². The number of rotatable bonds is 0. The Morgan fingerprint density at radius 2 is 1.83 bits per heavy atom. The fraction of sp³-hybridized carbons (Fsp3) is 1.00. The van der Waals surface area contributed by atoms with Crippen LogP contribution in [0, 0.1) is 0 Å². The zero-order chi connectivity index (χ0) is 8.93. The molecule has 2 aliphatic heterocycles. The third kappa shape index (κ3) is 0.915. The molecule has 0 aromatic heterocycles. The van der Waals surface area contributed by atoms with E-state index in [1.165, 1.54) is 0 Å². The molecule has 0 saturated carbocycles. The molecule has 2 saturated heterocycles. The molecular weight excluding hydrogens is 162 g/mol. The largest absolute Gasteiger partial charge is 0.389 e. The molecule has 0 aromatic rings. The van der Waals surface area contributed by atoms with Crippen molar-refractivity contribution in [3.05, 3.63) is 0 Å². The summed E-state index contributed by atoms with van der Waals surface area (Å²) >= 11 is 0. The summed E-state index contributed by atoms with van der Waals surface area (Å²) in [6.07, 6.45) is -2.59. The number of hydrogen-bond acceptors (Lipinski definition) is 5. The van der Waals surface area contributed by atoms with E-state index in [2.05, 4.69) is 5.32 Å². The second-order valence-electron chi connectivity index (χ2n) is 3.64. The van der Waals surface area contributed by atoms with Gasteiger partial charge in [0.05, 0.1) is 6.10 Å². The molecule has 5 nitrogen and oxygen atoms in total. The van der Waals surface area contributed by atoms with Crippen molar-refractivity contribution < 1.29 is 20.4 Å². The number of piperidine rings is 1. The highest BCUT2D eigenvalue weighted by Gasteiger charge is 2.55. The van der Waals surface area contributed by atoms with E-state index in [0.29, 0.717) is 12.8 Å². The first-order valence-electron chi connectivity index (χ1n) is 4.09. The van der Waals surface area contributed by atoms with E-state index in [1.54, 1.807) is 0 Å². The normalized spacial score (nSPS) is 59.0. The maximum absolute atomic E-state index is 9.65. The van der Waals surface area contributed by atoms with Gasteiger partial charge in [0.15, 0.2) is 0 Å². The van der Waals surface area contributed by atoms with Gasteiger partial charge in [-0.3, -0.25) is 5.32 Å². The van der Waals surface area contributed by atoms with E-state index < -0.39 is 24.0 Å². The number of aliphatic hydroxyl groups excluding tert-OH is 3. The van der Waals surface area contributed by atoms with E-state index in [1.807, 2.05) is 0 Å². The topological polar surface area (TPSA) is 93.0 Å². The highest BCUT2D eigenvalue weighted by molar-refractivity contribution is 5.07. The SMILES string of the molecule is O[C@@H]1[C@H](O)[C@@H](O)[C@@]2(O)CC[C@@H]1N2. The summed E-state index contributed by atoms with van der Waals surface area (Å²) in [6.45, 7) is 0. The lowest BCUT2D eigenvalue weighted by Gasteiger charge is -2.40. The molecule has 5 N–H and O–H groups in total. The highest BCUT2D eigenvalue weighted by Crippen LogP contribution is 2.34. The molecule has 0 amide bonds. The van der Waals surface area contributed by atoms with Gasteiger partial charge in [-0.05, 0) is 12.8 Å². The first kappa shape index (κ1) is 8.40. The Balaban J connectivity index is 2.25. The van der Waals surface area contributed by atoms with Gasteiger partial charge in [-0.2, -0.15) is 0 Å². The van der Waals surface area contributed by atoms with Crippen LogP contribution < -0.4 is 5.32 Å². The summed E-state index contributed by atoms with van der Waals surface area (Å²) in [5.41, 5.74) is -1.40. The summed E-state index contributed by atoms with van der Waals surface area (Å²) in [4.78, 5) is 0. The van der Waals surface area contributed by atoms with Crippen LogP contribution in [0.3, 0.4) is 0 Å². The number of hydrogen-bond donors (Lipinski definition) is 5. The maximum atomic E-state index is 9.65. The lowest BCUT2D eigenvalue weighted by molar-refractivity contribution is -0.186. The molecule has 2 rings (SSSR count). The van der Waals surface area contributed by atoms with Gasteiger partial charge < -0.3 is 20.4 Å². The Morgan fingerprint density at radius 1 is 1.17 bits per heavy atom. The van der Waals surface area contributed by atoms with Gasteiger partial charge in [-0.15, -0.1) is 0 Å². The Hall–Kier alpha value is -0.200. The Labute approximate surface area is 69.6 Å². The molecule has 70 valence electrons. The van der Waals surface area contributed by atoms with Gasteiger partial charge in [0.1, 0.15) is 17.9 Å². The molecule has 2 aliphatic rings. The van der Waals surface area contributed by atoms with Gasteiger partial charge in [-0.25, -0.2) is 0 Å². The zero-order valence-corrected chi connectivity index (χ0v) is 6.51. The average molecular weight is 175 g/mol. The fourth-order valence-corrected chi connectivity index (χ4v) is 2.04. The molecular formula is C7H13NO4. The van der Waals surface area contributed by atoms with E-state index in [9.17, 15) is 20.4 Å². The number of fused-ring (bicyclic) bond motifs is 2. The van der Waals surface area contributed by atoms with Crippen LogP contribution in [0.4, 0.5) is 0 Å². The first-order valence-corrected chi connectivity index (χ1v) is 4.09. The minimum absolute atomic E-state index is 0.298. The fourth-order valence-electron chi connectivity index (χ4n) is 2.04. The van der Waals surface area contributed by atoms with E-state index in [4.69, 9.17) is 0 Å². The average Bonchev–Trinajstić information content (AvgIpc) is 2.41. The van der Waals surface area contributed by atoms with Crippen molar-refractivity contribution in [3.8, 4) is 0 Å². The van der Waals surface area contributed by atoms with Crippen molar-refractivity contribution in [1.82, 2.24) is 5.32 Å². The molecule has 0 radical (unpaired) electrons. The lowest BCUT2D eigenvalue weighted by Crippen LogP contribution is -2.67. The summed E-state index contributed by atoms with van der Waals surface area (Å²) in [5.74, 6) is 0. The molecule has 12 heavy (non-hydrogen) atoms. The quantitative estimate of drug-likeness (QED) is 0.281. The van der Waals surface area contributed by atoms with Gasteiger partial charge in [0.2, 0.25) is 0 Å². The van der Waals surface area contributed by atoms with Crippen LogP contribution in [-0.2, 0) is 0 Å². The standard InChI is InChI=1S/C7H13NO4/c9-4-3-1-2-7(12,8-3)6(11)5(4)10/h3-6,8-12H,1-2H2/t3-,4-,5-,6+,7-/m0/s1. The molecule has 0 spiro atoms. The number of aliphatic hydroxyl groups is 4. The summed E-state index contributed by atoms with van der Waals surface area (Å²) in [6, 6.07) is -0.298. The molecule has 2 fully saturated rings. The monoisotopic (exact) mass is 175 g/mol. The Bertz CT molecular complexity index is 200. The van der Waals surface area contributed by atoms with Gasteiger partial charge >= 0.3 is 0 Å². The van der Waals surface area contributed by atoms with Gasteiger partial charge in [0, 0.05) is 6.04 Å². The summed E-state index contributed by atoms with van der Waals surface area (Å²) in [5, 5.41) is 40.4. The second-order valence-corrected chi connectivity index (χ2v) is 3.64. The molecule has 2 bridgehead atoms. The number of nitrogens with one attached hydrogen (secondary N) is 1. The Kier molecular flexibility index (Phi) is 1.68. The maximum Gasteiger partial charge on any atom is 0.145 e. The van der Waals surface area contributed by atoms with Crippen LogP contribution in [0.25, 0.3) is 0 Å². The molecule has 0 aliphatic carbocycles. The second kappa shape index (κ2) is 2.40. The lowest BCUT2D eigenvalue weighted by atomic mass is 9.94. The molecule has 0 unspecified atom stereocenters. The molecule has 5 heteroatoms. The summed E-state index contributed by atoms with van der Waals surface area (Å²) < 4.78 is 0. The van der Waals surface area contributed by atoms with E-state index >= 15 is 0 Å². The molecule has 2 heterocycles. The van der Waals surface area contributed by atoms with Crippen LogP contribution in [0.15, 0.2) is 0 Å². The van der Waals surface area contributed by atoms with Crippen LogP contribution in [-0.4, -0.2) is 50.5 Å². The predicted octanol–water partition coefficient (Wildman–Crippen LogP) is -2.48. The van der Waals surface area contributed by atoms with E-state index in [-0.39, 0.29) is 6.04 Å². The van der Waals surface area contributed by atoms with Crippen molar-refractivity contribution in [2.24, 2.45) is 0 Å². The van der Waals surface area contributed by atoms with Crippen molar-refractivity contribution in [1.29, 1.82) is 0 Å². The first-order chi connectivity index (χ1) is 5.54. The van der Waals surface area contributed by atoms with Crippen LogP contribution in [0.2, 0.25) is 0 Å². The Morgan fingerprint density at radius 3 is 2.50 bits per heavy atom. The third-order valence-electron chi connectivity index (χ3n) is 2.85. The van der Waals surface area contributed by atoms with Crippen LogP contribution in [0.5, 0.6) is 0 Å². The van der Waals surface area contributed by atoms with Crippen molar-refractivity contribution in [2.45, 2.75) is 42.9 Å². The highest BCUT2D eigenvalue weighted by atomic mass is 16.4. The van der Waals surface area contributed by atoms with Gasteiger partial charge in [0.25, 0.3) is 0 Å². The molecule has 0 aromatic carbocycles. The van der Waals surface area contributed by atoms with Crippen LogP contribution >= 0.6 is 0 Å². The third-order valence-corrected chi connectivity index (χ3v) is 2.85. The van der Waals surface area contributed by atoms with E-state index in [0.717, 1.165) is 0 Å². The summed E-state index contributed by atoms with van der Waals surface area (Å²) in [7, 11) is 0. The van der Waals surface area contributed by atoms with Crippen LogP contribution in [0.1, 0.15) is 12.8 Å². The smallest absolute Gasteiger partial charge is 0.145 e.